The van der Waals surface area contributed by atoms with Crippen molar-refractivity contribution in [1.29, 1.82) is 0 Å². The van der Waals surface area contributed by atoms with Gasteiger partial charge in [-0.2, -0.15) is 0 Å². The molecule has 1 heterocycles. The molecule has 0 aromatic carbocycles. The van der Waals surface area contributed by atoms with E-state index in [2.05, 4.69) is 37.9 Å². The van der Waals surface area contributed by atoms with Gasteiger partial charge in [0.2, 0.25) is 0 Å². The smallest absolute Gasteiger partial charge is 0.0652 e. The first-order valence-corrected chi connectivity index (χ1v) is 7.47. The number of ether oxygens (including phenoxy) is 1. The highest BCUT2D eigenvalue weighted by Gasteiger charge is 2.51. The molecule has 18 heavy (non-hydrogen) atoms. The van der Waals surface area contributed by atoms with Gasteiger partial charge >= 0.3 is 0 Å². The lowest BCUT2D eigenvalue weighted by molar-refractivity contribution is -0.138. The van der Waals surface area contributed by atoms with Crippen molar-refractivity contribution in [3.63, 3.8) is 0 Å². The summed E-state index contributed by atoms with van der Waals surface area (Å²) >= 11 is 0. The molecule has 1 aliphatic carbocycles. The van der Waals surface area contributed by atoms with Crippen molar-refractivity contribution in [2.45, 2.75) is 58.7 Å². The second-order valence-corrected chi connectivity index (χ2v) is 6.95. The molecule has 0 aromatic rings. The molecule has 0 amide bonds. The largest absolute Gasteiger partial charge is 0.381 e. The maximum absolute atomic E-state index is 5.59. The molecule has 2 rings (SSSR count). The van der Waals surface area contributed by atoms with Gasteiger partial charge in [-0.3, -0.25) is 4.90 Å². The lowest BCUT2D eigenvalue weighted by Crippen LogP contribution is -2.63. The number of methoxy groups -OCH3 is 1. The summed E-state index contributed by atoms with van der Waals surface area (Å²) in [7, 11) is 1.85. The first kappa shape index (κ1) is 14.3. The molecule has 3 heteroatoms. The van der Waals surface area contributed by atoms with Crippen molar-refractivity contribution in [3.05, 3.63) is 0 Å². The Morgan fingerprint density at radius 3 is 2.61 bits per heavy atom. The molecule has 1 saturated heterocycles. The van der Waals surface area contributed by atoms with Crippen LogP contribution in [0.15, 0.2) is 0 Å². The fraction of sp³-hybridized carbons (Fsp3) is 1.00. The van der Waals surface area contributed by atoms with Gasteiger partial charge in [0.05, 0.1) is 6.10 Å². The summed E-state index contributed by atoms with van der Waals surface area (Å²) in [6.07, 6.45) is 2.91. The van der Waals surface area contributed by atoms with Crippen LogP contribution < -0.4 is 5.32 Å². The molecule has 1 saturated carbocycles. The molecule has 0 radical (unpaired) electrons. The second kappa shape index (κ2) is 5.48. The zero-order valence-electron chi connectivity index (χ0n) is 12.7. The third-order valence-electron chi connectivity index (χ3n) is 5.12. The molecule has 3 atom stereocenters. The van der Waals surface area contributed by atoms with E-state index < -0.39 is 0 Å². The van der Waals surface area contributed by atoms with Crippen molar-refractivity contribution in [2.24, 2.45) is 11.3 Å². The number of rotatable bonds is 3. The summed E-state index contributed by atoms with van der Waals surface area (Å²) in [6.45, 7) is 13.0. The zero-order valence-corrected chi connectivity index (χ0v) is 12.7. The van der Waals surface area contributed by atoms with Crippen molar-refractivity contribution in [3.8, 4) is 0 Å². The molecule has 3 unspecified atom stereocenters. The Bertz CT molecular complexity index is 278. The lowest BCUT2D eigenvalue weighted by atomic mass is 9.63. The SMILES string of the molecule is COC1CC(N2CCCNC(C(C)C)C2)C1(C)C. The van der Waals surface area contributed by atoms with Crippen LogP contribution in [0.2, 0.25) is 0 Å². The van der Waals surface area contributed by atoms with E-state index >= 15 is 0 Å². The van der Waals surface area contributed by atoms with Gasteiger partial charge in [0.25, 0.3) is 0 Å². The van der Waals surface area contributed by atoms with E-state index in [0.29, 0.717) is 29.5 Å². The predicted octanol–water partition coefficient (Wildman–Crippen LogP) is 2.12. The van der Waals surface area contributed by atoms with Crippen LogP contribution in [-0.2, 0) is 4.74 Å². The van der Waals surface area contributed by atoms with Gasteiger partial charge in [0.1, 0.15) is 0 Å². The molecule has 1 N–H and O–H groups in total. The van der Waals surface area contributed by atoms with E-state index in [1.807, 2.05) is 7.11 Å². The number of hydrogen-bond donors (Lipinski definition) is 1. The van der Waals surface area contributed by atoms with Gasteiger partial charge < -0.3 is 10.1 Å². The molecule has 1 aliphatic heterocycles. The summed E-state index contributed by atoms with van der Waals surface area (Å²) in [6, 6.07) is 1.34. The van der Waals surface area contributed by atoms with E-state index in [9.17, 15) is 0 Å². The predicted molar refractivity (Wildman–Crippen MR) is 75.8 cm³/mol. The lowest BCUT2D eigenvalue weighted by Gasteiger charge is -2.56. The molecule has 0 spiro atoms. The summed E-state index contributed by atoms with van der Waals surface area (Å²) < 4.78 is 5.59. The van der Waals surface area contributed by atoms with E-state index in [1.54, 1.807) is 0 Å². The number of hydrogen-bond acceptors (Lipinski definition) is 3. The zero-order chi connectivity index (χ0) is 13.3. The Morgan fingerprint density at radius 2 is 2.06 bits per heavy atom. The average Bonchev–Trinajstić information content (AvgIpc) is 2.54. The summed E-state index contributed by atoms with van der Waals surface area (Å²) in [5.41, 5.74) is 0.306. The molecule has 2 fully saturated rings. The first-order chi connectivity index (χ1) is 8.46. The molecule has 106 valence electrons. The highest BCUT2D eigenvalue weighted by Crippen LogP contribution is 2.45. The Labute approximate surface area is 112 Å². The van der Waals surface area contributed by atoms with Crippen LogP contribution in [0.5, 0.6) is 0 Å². The van der Waals surface area contributed by atoms with Gasteiger partial charge in [-0.15, -0.1) is 0 Å². The minimum atomic E-state index is 0.306. The van der Waals surface area contributed by atoms with E-state index in [4.69, 9.17) is 4.74 Å². The van der Waals surface area contributed by atoms with Crippen molar-refractivity contribution >= 4 is 0 Å². The van der Waals surface area contributed by atoms with E-state index in [-0.39, 0.29) is 0 Å². The Kier molecular flexibility index (Phi) is 4.35. The van der Waals surface area contributed by atoms with Crippen LogP contribution in [0.25, 0.3) is 0 Å². The third-order valence-corrected chi connectivity index (χ3v) is 5.12. The molecule has 0 aromatic heterocycles. The normalized spacial score (nSPS) is 37.3. The van der Waals surface area contributed by atoms with Gasteiger partial charge in [0.15, 0.2) is 0 Å². The average molecular weight is 254 g/mol. The van der Waals surface area contributed by atoms with Crippen LogP contribution in [0, 0.1) is 11.3 Å². The van der Waals surface area contributed by atoms with Crippen molar-refractivity contribution in [1.82, 2.24) is 10.2 Å². The maximum Gasteiger partial charge on any atom is 0.0652 e. The summed E-state index contributed by atoms with van der Waals surface area (Å²) in [5, 5.41) is 3.69. The second-order valence-electron chi connectivity index (χ2n) is 6.95. The quantitative estimate of drug-likeness (QED) is 0.835. The standard InChI is InChI=1S/C15H30N2O/c1-11(2)12-10-17(8-6-7-16-12)13-9-14(18-5)15(13,3)4/h11-14,16H,6-10H2,1-5H3. The molecule has 2 aliphatic rings. The molecule has 0 bridgehead atoms. The van der Waals surface area contributed by atoms with Crippen LogP contribution in [0.3, 0.4) is 0 Å². The highest BCUT2D eigenvalue weighted by molar-refractivity contribution is 5.04. The minimum Gasteiger partial charge on any atom is -0.381 e. The van der Waals surface area contributed by atoms with E-state index in [0.717, 1.165) is 0 Å². The fourth-order valence-electron chi connectivity index (χ4n) is 3.59. The molecular formula is C15H30N2O. The van der Waals surface area contributed by atoms with Gasteiger partial charge in [-0.05, 0) is 31.8 Å². The summed E-state index contributed by atoms with van der Waals surface area (Å²) in [4.78, 5) is 2.71. The van der Waals surface area contributed by atoms with Gasteiger partial charge in [0, 0.05) is 31.2 Å². The Balaban J connectivity index is 2.00. The Morgan fingerprint density at radius 1 is 1.33 bits per heavy atom. The first-order valence-electron chi connectivity index (χ1n) is 7.47. The molecular weight excluding hydrogens is 224 g/mol. The Hall–Kier alpha value is -0.120. The van der Waals surface area contributed by atoms with Crippen molar-refractivity contribution < 1.29 is 4.74 Å². The highest BCUT2D eigenvalue weighted by atomic mass is 16.5. The molecule has 3 nitrogen and oxygen atoms in total. The third kappa shape index (κ3) is 2.59. The number of nitrogens with one attached hydrogen (secondary N) is 1. The number of nitrogens with zero attached hydrogens (tertiary/aromatic N) is 1. The van der Waals surface area contributed by atoms with Gasteiger partial charge in [-0.25, -0.2) is 0 Å². The van der Waals surface area contributed by atoms with Crippen LogP contribution >= 0.6 is 0 Å². The minimum absolute atomic E-state index is 0.306. The summed E-state index contributed by atoms with van der Waals surface area (Å²) in [5.74, 6) is 0.715. The van der Waals surface area contributed by atoms with Crippen molar-refractivity contribution in [2.75, 3.05) is 26.7 Å². The van der Waals surface area contributed by atoms with Crippen LogP contribution in [0.1, 0.15) is 40.5 Å². The fourth-order valence-corrected chi connectivity index (χ4v) is 3.59. The maximum atomic E-state index is 5.59. The van der Waals surface area contributed by atoms with Gasteiger partial charge in [-0.1, -0.05) is 27.7 Å². The van der Waals surface area contributed by atoms with Crippen LogP contribution in [-0.4, -0.2) is 49.8 Å². The van der Waals surface area contributed by atoms with Crippen LogP contribution in [0.4, 0.5) is 0 Å². The van der Waals surface area contributed by atoms with E-state index in [1.165, 1.54) is 32.5 Å². The topological polar surface area (TPSA) is 24.5 Å². The monoisotopic (exact) mass is 254 g/mol.